The average Bonchev–Trinajstić information content (AvgIpc) is 3.00. The third-order valence-electron chi connectivity index (χ3n) is 5.09. The van der Waals surface area contributed by atoms with E-state index < -0.39 is 0 Å². The van der Waals surface area contributed by atoms with Gasteiger partial charge >= 0.3 is 0 Å². The summed E-state index contributed by atoms with van der Waals surface area (Å²) in [6, 6.07) is 2.61. The Bertz CT molecular complexity index is 470. The van der Waals surface area contributed by atoms with Gasteiger partial charge in [-0.25, -0.2) is 0 Å². The van der Waals surface area contributed by atoms with Gasteiger partial charge in [-0.1, -0.05) is 0 Å². The molecule has 6 heteroatoms. The molecule has 2 saturated heterocycles. The van der Waals surface area contributed by atoms with Crippen molar-refractivity contribution in [1.29, 1.82) is 0 Å². The van der Waals surface area contributed by atoms with E-state index >= 15 is 0 Å². The molecule has 1 aromatic heterocycles. The number of aromatic nitrogens is 2. The van der Waals surface area contributed by atoms with E-state index in [1.165, 1.54) is 18.7 Å². The van der Waals surface area contributed by atoms with Crippen LogP contribution < -0.4 is 10.2 Å². The van der Waals surface area contributed by atoms with Gasteiger partial charge in [-0.3, -0.25) is 4.68 Å². The molecular formula is C16H28N4O2. The van der Waals surface area contributed by atoms with Crippen LogP contribution >= 0.6 is 0 Å². The van der Waals surface area contributed by atoms with Crippen LogP contribution in [0.15, 0.2) is 12.3 Å². The molecule has 0 saturated carbocycles. The molecule has 3 rings (SSSR count). The average molecular weight is 308 g/mol. The monoisotopic (exact) mass is 308 g/mol. The number of hydrogen-bond acceptors (Lipinski definition) is 5. The standard InChI is InChI=1S/C16H28N4O2/c1-19-15(5-8-18-19)20-9-3-4-14(12-20)17-13-16(21-2)6-10-22-11-7-16/h5,8,14,17H,3-4,6-7,9-13H2,1-2H3. The lowest BCUT2D eigenvalue weighted by Crippen LogP contribution is -2.53. The third kappa shape index (κ3) is 3.45. The van der Waals surface area contributed by atoms with Crippen LogP contribution in [0.25, 0.3) is 0 Å². The first-order valence-corrected chi connectivity index (χ1v) is 8.32. The summed E-state index contributed by atoms with van der Waals surface area (Å²) in [6.07, 6.45) is 6.27. The molecule has 124 valence electrons. The topological polar surface area (TPSA) is 51.5 Å². The van der Waals surface area contributed by atoms with E-state index in [0.29, 0.717) is 6.04 Å². The summed E-state index contributed by atoms with van der Waals surface area (Å²) >= 11 is 0. The molecule has 6 nitrogen and oxygen atoms in total. The van der Waals surface area contributed by atoms with Crippen LogP contribution in [0, 0.1) is 0 Å². The molecule has 0 aliphatic carbocycles. The van der Waals surface area contributed by atoms with E-state index in [1.807, 2.05) is 25.0 Å². The van der Waals surface area contributed by atoms with Crippen LogP contribution in [-0.2, 0) is 16.5 Å². The van der Waals surface area contributed by atoms with E-state index in [2.05, 4.69) is 21.4 Å². The summed E-state index contributed by atoms with van der Waals surface area (Å²) in [5.74, 6) is 1.21. The minimum atomic E-state index is -0.0486. The fraction of sp³-hybridized carbons (Fsp3) is 0.812. The lowest BCUT2D eigenvalue weighted by molar-refractivity contribution is -0.0887. The second-order valence-electron chi connectivity index (χ2n) is 6.48. The molecule has 1 N–H and O–H groups in total. The van der Waals surface area contributed by atoms with Crippen molar-refractivity contribution < 1.29 is 9.47 Å². The summed E-state index contributed by atoms with van der Waals surface area (Å²) < 4.78 is 13.2. The Hall–Kier alpha value is -1.11. The van der Waals surface area contributed by atoms with Gasteiger partial charge in [0.2, 0.25) is 0 Å². The zero-order chi connectivity index (χ0) is 15.4. The number of nitrogens with one attached hydrogen (secondary N) is 1. The molecule has 0 amide bonds. The minimum absolute atomic E-state index is 0.0486. The van der Waals surface area contributed by atoms with Gasteiger partial charge in [0, 0.05) is 72.0 Å². The van der Waals surface area contributed by atoms with Gasteiger partial charge < -0.3 is 19.7 Å². The number of nitrogens with zero attached hydrogens (tertiary/aromatic N) is 3. The zero-order valence-corrected chi connectivity index (χ0v) is 13.8. The van der Waals surface area contributed by atoms with Crippen LogP contribution in [0.5, 0.6) is 0 Å². The lowest BCUT2D eigenvalue weighted by atomic mass is 9.93. The molecule has 1 atom stereocenters. The van der Waals surface area contributed by atoms with Crippen LogP contribution in [0.3, 0.4) is 0 Å². The summed E-state index contributed by atoms with van der Waals surface area (Å²) in [5.41, 5.74) is -0.0486. The summed E-state index contributed by atoms with van der Waals surface area (Å²) in [6.45, 7) is 4.68. The first-order chi connectivity index (χ1) is 10.7. The van der Waals surface area contributed by atoms with Crippen LogP contribution in [0.1, 0.15) is 25.7 Å². The van der Waals surface area contributed by atoms with Gasteiger partial charge in [0.15, 0.2) is 0 Å². The van der Waals surface area contributed by atoms with Crippen molar-refractivity contribution in [2.24, 2.45) is 7.05 Å². The molecule has 22 heavy (non-hydrogen) atoms. The molecule has 2 aliphatic heterocycles. The molecule has 1 aromatic rings. The second-order valence-corrected chi connectivity index (χ2v) is 6.48. The molecule has 2 fully saturated rings. The zero-order valence-electron chi connectivity index (χ0n) is 13.8. The number of piperidine rings is 1. The summed E-state index contributed by atoms with van der Waals surface area (Å²) in [4.78, 5) is 2.43. The number of ether oxygens (including phenoxy) is 2. The molecule has 0 bridgehead atoms. The summed E-state index contributed by atoms with van der Waals surface area (Å²) in [5, 5.41) is 8.02. The highest BCUT2D eigenvalue weighted by Crippen LogP contribution is 2.25. The molecular weight excluding hydrogens is 280 g/mol. The molecule has 0 radical (unpaired) electrons. The Kier molecular flexibility index (Phi) is 5.00. The van der Waals surface area contributed by atoms with Gasteiger partial charge in [-0.2, -0.15) is 5.10 Å². The fourth-order valence-electron chi connectivity index (χ4n) is 3.56. The van der Waals surface area contributed by atoms with Gasteiger partial charge in [0.05, 0.1) is 11.8 Å². The number of methoxy groups -OCH3 is 1. The van der Waals surface area contributed by atoms with Crippen molar-refractivity contribution in [3.05, 3.63) is 12.3 Å². The number of aryl methyl sites for hydroxylation is 1. The van der Waals surface area contributed by atoms with Gasteiger partial charge in [-0.15, -0.1) is 0 Å². The van der Waals surface area contributed by atoms with Gasteiger partial charge in [-0.05, 0) is 12.8 Å². The van der Waals surface area contributed by atoms with Gasteiger partial charge in [0.25, 0.3) is 0 Å². The van der Waals surface area contributed by atoms with E-state index in [9.17, 15) is 0 Å². The highest BCUT2D eigenvalue weighted by molar-refractivity contribution is 5.38. The maximum absolute atomic E-state index is 5.82. The van der Waals surface area contributed by atoms with Crippen molar-refractivity contribution in [2.75, 3.05) is 44.9 Å². The van der Waals surface area contributed by atoms with E-state index in [-0.39, 0.29) is 5.60 Å². The first kappa shape index (κ1) is 15.8. The van der Waals surface area contributed by atoms with Crippen LogP contribution in [-0.4, -0.2) is 61.4 Å². The normalized spacial score (nSPS) is 25.4. The highest BCUT2D eigenvalue weighted by atomic mass is 16.5. The second kappa shape index (κ2) is 6.98. The number of anilines is 1. The smallest absolute Gasteiger partial charge is 0.126 e. The molecule has 0 spiro atoms. The Morgan fingerprint density at radius 2 is 2.27 bits per heavy atom. The Morgan fingerprint density at radius 3 is 2.95 bits per heavy atom. The Labute approximate surface area is 132 Å². The third-order valence-corrected chi connectivity index (χ3v) is 5.09. The van der Waals surface area contributed by atoms with Gasteiger partial charge in [0.1, 0.15) is 5.82 Å². The number of hydrogen-bond donors (Lipinski definition) is 1. The molecule has 3 heterocycles. The predicted octanol–water partition coefficient (Wildman–Crippen LogP) is 1.17. The van der Waals surface area contributed by atoms with Crippen molar-refractivity contribution in [3.8, 4) is 0 Å². The first-order valence-electron chi connectivity index (χ1n) is 8.32. The van der Waals surface area contributed by atoms with E-state index in [1.54, 1.807) is 0 Å². The van der Waals surface area contributed by atoms with E-state index in [4.69, 9.17) is 9.47 Å². The Morgan fingerprint density at radius 1 is 1.45 bits per heavy atom. The fourth-order valence-corrected chi connectivity index (χ4v) is 3.56. The Balaban J connectivity index is 1.55. The predicted molar refractivity (Wildman–Crippen MR) is 86.2 cm³/mol. The van der Waals surface area contributed by atoms with Crippen molar-refractivity contribution >= 4 is 5.82 Å². The van der Waals surface area contributed by atoms with Crippen LogP contribution in [0.4, 0.5) is 5.82 Å². The van der Waals surface area contributed by atoms with Crippen molar-refractivity contribution in [3.63, 3.8) is 0 Å². The number of rotatable bonds is 5. The minimum Gasteiger partial charge on any atom is -0.381 e. The highest BCUT2D eigenvalue weighted by Gasteiger charge is 2.33. The maximum Gasteiger partial charge on any atom is 0.126 e. The SMILES string of the molecule is COC1(CNC2CCCN(c3ccnn3C)C2)CCOCC1. The van der Waals surface area contributed by atoms with Crippen molar-refractivity contribution in [2.45, 2.75) is 37.3 Å². The quantitative estimate of drug-likeness (QED) is 0.885. The van der Waals surface area contributed by atoms with Crippen LogP contribution in [0.2, 0.25) is 0 Å². The molecule has 0 aromatic carbocycles. The van der Waals surface area contributed by atoms with Crippen molar-refractivity contribution in [1.82, 2.24) is 15.1 Å². The lowest BCUT2D eigenvalue weighted by Gasteiger charge is -2.39. The maximum atomic E-state index is 5.82. The van der Waals surface area contributed by atoms with E-state index in [0.717, 1.165) is 45.7 Å². The molecule has 1 unspecified atom stereocenters. The summed E-state index contributed by atoms with van der Waals surface area (Å²) in [7, 11) is 3.84. The largest absolute Gasteiger partial charge is 0.381 e. The molecule has 2 aliphatic rings.